The van der Waals surface area contributed by atoms with Gasteiger partial charge in [-0.15, -0.1) is 0 Å². The van der Waals surface area contributed by atoms with E-state index in [1.807, 2.05) is 96.1 Å². The maximum Gasteiger partial charge on any atom is 0.312 e. The lowest BCUT2D eigenvalue weighted by molar-refractivity contribution is 0.232. The second-order valence-electron chi connectivity index (χ2n) is 12.0. The van der Waals surface area contributed by atoms with Crippen LogP contribution in [0.4, 0.5) is 4.79 Å². The third-order valence-corrected chi connectivity index (χ3v) is 6.59. The van der Waals surface area contributed by atoms with Gasteiger partial charge in [0.15, 0.2) is 0 Å². The van der Waals surface area contributed by atoms with E-state index in [4.69, 9.17) is 30.4 Å². The summed E-state index contributed by atoms with van der Waals surface area (Å²) in [5, 5.41) is 2.67. The van der Waals surface area contributed by atoms with Crippen molar-refractivity contribution in [1.29, 1.82) is 0 Å². The number of carbonyl (C=O) groups is 1. The maximum atomic E-state index is 10.8. The number of ether oxygens (including phenoxy) is 4. The summed E-state index contributed by atoms with van der Waals surface area (Å²) in [6, 6.07) is 23.0. The summed E-state index contributed by atoms with van der Waals surface area (Å²) in [7, 11) is 0. The first-order valence-corrected chi connectivity index (χ1v) is 16.1. The van der Waals surface area contributed by atoms with Crippen LogP contribution in [0.2, 0.25) is 0 Å². The Morgan fingerprint density at radius 1 is 0.638 bits per heavy atom. The van der Waals surface area contributed by atoms with Crippen molar-refractivity contribution < 1.29 is 23.7 Å². The number of pyridine rings is 2. The van der Waals surface area contributed by atoms with Gasteiger partial charge in [0.1, 0.15) is 23.0 Å². The summed E-state index contributed by atoms with van der Waals surface area (Å²) in [5.41, 5.74) is 13.3. The first kappa shape index (κ1) is 36.6. The normalized spacial score (nSPS) is 12.0. The van der Waals surface area contributed by atoms with Crippen LogP contribution in [0, 0.1) is 0 Å². The zero-order chi connectivity index (χ0) is 34.2. The van der Waals surface area contributed by atoms with Gasteiger partial charge < -0.3 is 35.7 Å². The lowest BCUT2D eigenvalue weighted by Crippen LogP contribution is -2.36. The van der Waals surface area contributed by atoms with Crippen LogP contribution in [-0.2, 0) is 12.8 Å². The van der Waals surface area contributed by atoms with Crippen LogP contribution in [0.3, 0.4) is 0 Å². The van der Waals surface area contributed by atoms with Gasteiger partial charge in [0.2, 0.25) is 11.8 Å². The number of benzene rings is 2. The van der Waals surface area contributed by atoms with Crippen LogP contribution in [0.15, 0.2) is 85.2 Å². The molecular weight excluding hydrogens is 594 g/mol. The lowest BCUT2D eigenvalue weighted by Gasteiger charge is -2.12. The maximum absolute atomic E-state index is 10.8. The second-order valence-corrected chi connectivity index (χ2v) is 12.0. The molecule has 0 saturated heterocycles. The number of amides is 2. The highest BCUT2D eigenvalue weighted by atomic mass is 16.5. The minimum absolute atomic E-state index is 0.0473. The smallest absolute Gasteiger partial charge is 0.312 e. The summed E-state index contributed by atoms with van der Waals surface area (Å²) in [4.78, 5) is 19.2. The fourth-order valence-corrected chi connectivity index (χ4v) is 4.29. The van der Waals surface area contributed by atoms with Crippen LogP contribution in [0.1, 0.15) is 65.5 Å². The molecule has 0 aliphatic heterocycles. The van der Waals surface area contributed by atoms with Crippen molar-refractivity contribution in [3.8, 4) is 34.8 Å². The van der Waals surface area contributed by atoms with Crippen LogP contribution in [-0.4, -0.2) is 40.3 Å². The van der Waals surface area contributed by atoms with Gasteiger partial charge >= 0.3 is 6.03 Å². The summed E-state index contributed by atoms with van der Waals surface area (Å²) in [5.74, 6) is 4.07. The number of aryl methyl sites for hydroxylation is 2. The van der Waals surface area contributed by atoms with Crippen molar-refractivity contribution in [1.82, 2.24) is 15.3 Å². The molecule has 5 N–H and O–H groups in total. The third-order valence-electron chi connectivity index (χ3n) is 6.59. The summed E-state index contributed by atoms with van der Waals surface area (Å²) < 4.78 is 22.6. The summed E-state index contributed by atoms with van der Waals surface area (Å²) >= 11 is 0. The predicted octanol–water partition coefficient (Wildman–Crippen LogP) is 7.59. The average Bonchev–Trinajstić information content (AvgIpc) is 3.02. The zero-order valence-corrected chi connectivity index (χ0v) is 28.3. The minimum Gasteiger partial charge on any atom is -0.475 e. The Morgan fingerprint density at radius 3 is 1.38 bits per heavy atom. The van der Waals surface area contributed by atoms with E-state index in [-0.39, 0.29) is 24.3 Å². The molecule has 0 spiro atoms. The molecule has 2 aromatic heterocycles. The van der Waals surface area contributed by atoms with Gasteiger partial charge in [-0.2, -0.15) is 0 Å². The molecule has 2 heterocycles. The van der Waals surface area contributed by atoms with Crippen LogP contribution in [0.25, 0.3) is 0 Å². The molecule has 0 aliphatic rings. The van der Waals surface area contributed by atoms with E-state index in [9.17, 15) is 4.79 Å². The number of hydrogen-bond acceptors (Lipinski definition) is 8. The molecule has 0 saturated carbocycles. The van der Waals surface area contributed by atoms with Gasteiger partial charge in [0, 0.05) is 24.2 Å². The van der Waals surface area contributed by atoms with Gasteiger partial charge in [0.05, 0.1) is 24.6 Å². The van der Waals surface area contributed by atoms with Crippen molar-refractivity contribution in [3.63, 3.8) is 0 Å². The monoisotopic (exact) mass is 643 g/mol. The Balaban J connectivity index is 0.000000257. The summed E-state index contributed by atoms with van der Waals surface area (Å²) in [6.45, 7) is 11.8. The van der Waals surface area contributed by atoms with E-state index in [2.05, 4.69) is 27.4 Å². The Kier molecular flexibility index (Phi) is 14.8. The van der Waals surface area contributed by atoms with Gasteiger partial charge in [-0.05, 0) is 115 Å². The molecule has 4 aromatic rings. The molecule has 10 heteroatoms. The minimum atomic E-state index is -0.491. The number of carbonyl (C=O) groups excluding carboxylic acids is 1. The first-order valence-electron chi connectivity index (χ1n) is 16.1. The van der Waals surface area contributed by atoms with Gasteiger partial charge in [-0.1, -0.05) is 24.3 Å². The van der Waals surface area contributed by atoms with Crippen molar-refractivity contribution in [2.75, 3.05) is 0 Å². The van der Waals surface area contributed by atoms with Crippen LogP contribution >= 0.6 is 0 Å². The number of nitrogens with two attached hydrogens (primary N) is 2. The van der Waals surface area contributed by atoms with Crippen LogP contribution in [0.5, 0.6) is 34.8 Å². The molecule has 2 unspecified atom stereocenters. The zero-order valence-electron chi connectivity index (χ0n) is 28.3. The van der Waals surface area contributed by atoms with Gasteiger partial charge in [0.25, 0.3) is 0 Å². The molecule has 2 amide bonds. The average molecular weight is 644 g/mol. The molecule has 47 heavy (non-hydrogen) atoms. The highest BCUT2D eigenvalue weighted by molar-refractivity contribution is 5.71. The molecule has 2 aromatic carbocycles. The molecule has 10 nitrogen and oxygen atoms in total. The Morgan fingerprint density at radius 2 is 1.04 bits per heavy atom. The number of urea groups is 1. The van der Waals surface area contributed by atoms with E-state index in [1.54, 1.807) is 18.5 Å². The molecule has 252 valence electrons. The fourth-order valence-electron chi connectivity index (χ4n) is 4.29. The van der Waals surface area contributed by atoms with Crippen molar-refractivity contribution in [3.05, 3.63) is 96.3 Å². The third kappa shape index (κ3) is 14.9. The standard InChI is InChI=1S/C19H25N3O3.C18H24N2O2/c1-13(2)24-18-11-10-17(12-21-18)25-16-8-6-15(7-9-16)5-4-14(3)22-19(20)23;1-13(2)21-18-11-10-17(12-20-18)22-16-8-6-15(7-9-16)5-4-14(3)19/h6-14H,4-5H2,1-3H3,(H3,20,22,23);6-14H,4-5,19H2,1-3H3. The van der Waals surface area contributed by atoms with Gasteiger partial charge in [-0.3, -0.25) is 0 Å². The second kappa shape index (κ2) is 19.0. The number of primary amides is 1. The van der Waals surface area contributed by atoms with E-state index >= 15 is 0 Å². The van der Waals surface area contributed by atoms with Crippen molar-refractivity contribution in [2.24, 2.45) is 11.5 Å². The Hall–Kier alpha value is -4.83. The fraction of sp³-hybridized carbons (Fsp3) is 0.378. The molecule has 0 aliphatic carbocycles. The number of aromatic nitrogens is 2. The highest BCUT2D eigenvalue weighted by Crippen LogP contribution is 2.24. The number of rotatable bonds is 15. The Bertz CT molecular complexity index is 1460. The predicted molar refractivity (Wildman–Crippen MR) is 186 cm³/mol. The SMILES string of the molecule is CC(CCc1ccc(Oc2ccc(OC(C)C)nc2)cc1)NC(N)=O.CC(N)CCc1ccc(Oc2ccc(OC(C)C)nc2)cc1. The van der Waals surface area contributed by atoms with E-state index < -0.39 is 6.03 Å². The number of hydrogen-bond donors (Lipinski definition) is 3. The van der Waals surface area contributed by atoms with E-state index in [1.165, 1.54) is 11.1 Å². The summed E-state index contributed by atoms with van der Waals surface area (Å²) in [6.07, 6.45) is 7.16. The Labute approximate surface area is 278 Å². The lowest BCUT2D eigenvalue weighted by atomic mass is 10.1. The number of nitrogens with one attached hydrogen (secondary N) is 1. The van der Waals surface area contributed by atoms with Gasteiger partial charge in [-0.25, -0.2) is 14.8 Å². The van der Waals surface area contributed by atoms with E-state index in [0.717, 1.165) is 37.2 Å². The molecule has 0 fully saturated rings. The number of nitrogens with zero attached hydrogens (tertiary/aromatic N) is 2. The van der Waals surface area contributed by atoms with Crippen molar-refractivity contribution in [2.45, 2.75) is 91.5 Å². The first-order chi connectivity index (χ1) is 22.4. The molecule has 0 bridgehead atoms. The van der Waals surface area contributed by atoms with E-state index in [0.29, 0.717) is 23.3 Å². The molecule has 0 radical (unpaired) electrons. The topological polar surface area (TPSA) is 144 Å². The van der Waals surface area contributed by atoms with Crippen LogP contribution < -0.4 is 35.7 Å². The quantitative estimate of drug-likeness (QED) is 0.120. The van der Waals surface area contributed by atoms with Crippen molar-refractivity contribution >= 4 is 6.03 Å². The molecule has 2 atom stereocenters. The largest absolute Gasteiger partial charge is 0.475 e. The highest BCUT2D eigenvalue weighted by Gasteiger charge is 2.06. The molecule has 4 rings (SSSR count). The molecular formula is C37H49N5O5.